The summed E-state index contributed by atoms with van der Waals surface area (Å²) in [7, 11) is 0. The molecule has 0 spiro atoms. The van der Waals surface area contributed by atoms with E-state index in [1.165, 1.54) is 6.07 Å². The number of hydrogen-bond donors (Lipinski definition) is 1. The van der Waals surface area contributed by atoms with E-state index >= 15 is 0 Å². The molecule has 2 aromatic carbocycles. The molecule has 2 heterocycles. The van der Waals surface area contributed by atoms with E-state index in [0.717, 1.165) is 18.8 Å². The number of halogens is 1. The Kier molecular flexibility index (Phi) is 5.69. The van der Waals surface area contributed by atoms with Gasteiger partial charge in [0.05, 0.1) is 13.2 Å². The summed E-state index contributed by atoms with van der Waals surface area (Å²) in [5, 5.41) is 3.93. The lowest BCUT2D eigenvalue weighted by Crippen LogP contribution is -2.36. The number of furan rings is 1. The number of benzene rings is 2. The van der Waals surface area contributed by atoms with Crippen molar-refractivity contribution in [2.75, 3.05) is 43.1 Å². The number of nitrogens with one attached hydrogen (secondary N) is 1. The standard InChI is InChI=1S/C21H19ClN2O5/c22-15-1-6-18-14(11-15)12-19(29-18)21(26)28-13-20(25)23-16-2-4-17(5-3-16)24-7-9-27-10-8-24/h1-6,11-12H,7-10,13H2,(H,23,25). The number of morpholine rings is 1. The predicted octanol–water partition coefficient (Wildman–Crippen LogP) is 3.72. The third-order valence-corrected chi connectivity index (χ3v) is 4.78. The lowest BCUT2D eigenvalue weighted by atomic mass is 10.2. The molecule has 3 aromatic rings. The second kappa shape index (κ2) is 8.55. The van der Waals surface area contributed by atoms with Gasteiger partial charge in [0.1, 0.15) is 5.58 Å². The fourth-order valence-corrected chi connectivity index (χ4v) is 3.27. The molecule has 0 aliphatic carbocycles. The van der Waals surface area contributed by atoms with E-state index < -0.39 is 18.5 Å². The van der Waals surface area contributed by atoms with Crippen molar-refractivity contribution in [2.45, 2.75) is 0 Å². The van der Waals surface area contributed by atoms with Crippen molar-refractivity contribution in [1.82, 2.24) is 0 Å². The number of carbonyl (C=O) groups is 2. The molecule has 7 nitrogen and oxygen atoms in total. The van der Waals surface area contributed by atoms with Crippen molar-refractivity contribution in [3.05, 3.63) is 59.3 Å². The SMILES string of the molecule is O=C(COC(=O)c1cc2cc(Cl)ccc2o1)Nc1ccc(N2CCOCC2)cc1. The van der Waals surface area contributed by atoms with E-state index in [2.05, 4.69) is 10.2 Å². The Bertz CT molecular complexity index is 1030. The topological polar surface area (TPSA) is 81.0 Å². The quantitative estimate of drug-likeness (QED) is 0.641. The highest BCUT2D eigenvalue weighted by Crippen LogP contribution is 2.23. The van der Waals surface area contributed by atoms with Gasteiger partial charge in [-0.3, -0.25) is 4.79 Å². The fourth-order valence-electron chi connectivity index (χ4n) is 3.09. The van der Waals surface area contributed by atoms with Gasteiger partial charge in [-0.15, -0.1) is 0 Å². The molecule has 1 amide bonds. The lowest BCUT2D eigenvalue weighted by molar-refractivity contribution is -0.119. The second-order valence-corrected chi connectivity index (χ2v) is 7.00. The second-order valence-electron chi connectivity index (χ2n) is 6.56. The maximum absolute atomic E-state index is 12.1. The van der Waals surface area contributed by atoms with Crippen LogP contribution in [0.15, 0.2) is 52.9 Å². The van der Waals surface area contributed by atoms with Gasteiger partial charge in [0, 0.05) is 34.9 Å². The molecule has 1 aromatic heterocycles. The number of carbonyl (C=O) groups excluding carboxylic acids is 2. The van der Waals surface area contributed by atoms with Gasteiger partial charge in [0.15, 0.2) is 6.61 Å². The van der Waals surface area contributed by atoms with E-state index in [0.29, 0.717) is 34.9 Å². The van der Waals surface area contributed by atoms with Crippen molar-refractivity contribution < 1.29 is 23.5 Å². The van der Waals surface area contributed by atoms with E-state index in [4.69, 9.17) is 25.5 Å². The molecule has 8 heteroatoms. The van der Waals surface area contributed by atoms with Crippen LogP contribution in [0.25, 0.3) is 11.0 Å². The Hall–Kier alpha value is -3.03. The molecule has 1 N–H and O–H groups in total. The van der Waals surface area contributed by atoms with Gasteiger partial charge in [-0.05, 0) is 48.5 Å². The van der Waals surface area contributed by atoms with Crippen LogP contribution in [-0.2, 0) is 14.3 Å². The number of esters is 1. The Balaban J connectivity index is 1.30. The zero-order chi connectivity index (χ0) is 20.2. The first kappa shape index (κ1) is 19.3. The Morgan fingerprint density at radius 3 is 2.59 bits per heavy atom. The van der Waals surface area contributed by atoms with Crippen LogP contribution in [0, 0.1) is 0 Å². The van der Waals surface area contributed by atoms with E-state index in [1.807, 2.05) is 24.3 Å². The third-order valence-electron chi connectivity index (χ3n) is 4.54. The monoisotopic (exact) mass is 414 g/mol. The van der Waals surface area contributed by atoms with E-state index in [1.54, 1.807) is 18.2 Å². The zero-order valence-electron chi connectivity index (χ0n) is 15.5. The van der Waals surface area contributed by atoms with Gasteiger partial charge in [0.25, 0.3) is 5.91 Å². The molecule has 0 saturated carbocycles. The Labute approximate surface area is 172 Å². The number of ether oxygens (including phenoxy) is 2. The van der Waals surface area contributed by atoms with Crippen LogP contribution in [0.2, 0.25) is 5.02 Å². The molecule has 4 rings (SSSR count). The van der Waals surface area contributed by atoms with E-state index in [9.17, 15) is 9.59 Å². The number of hydrogen-bond acceptors (Lipinski definition) is 6. The summed E-state index contributed by atoms with van der Waals surface area (Å²) in [5.41, 5.74) is 2.22. The molecule has 1 fully saturated rings. The van der Waals surface area contributed by atoms with Gasteiger partial charge in [0.2, 0.25) is 5.76 Å². The largest absolute Gasteiger partial charge is 0.450 e. The number of amides is 1. The summed E-state index contributed by atoms with van der Waals surface area (Å²) >= 11 is 5.92. The molecule has 0 bridgehead atoms. The summed E-state index contributed by atoms with van der Waals surface area (Å²) < 4.78 is 15.8. The van der Waals surface area contributed by atoms with Crippen molar-refractivity contribution in [3.8, 4) is 0 Å². The van der Waals surface area contributed by atoms with Gasteiger partial charge < -0.3 is 24.1 Å². The average Bonchev–Trinajstić information content (AvgIpc) is 3.16. The molecule has 1 saturated heterocycles. The first-order valence-corrected chi connectivity index (χ1v) is 9.55. The highest BCUT2D eigenvalue weighted by Gasteiger charge is 2.16. The maximum Gasteiger partial charge on any atom is 0.374 e. The predicted molar refractivity (Wildman–Crippen MR) is 110 cm³/mol. The fraction of sp³-hybridized carbons (Fsp3) is 0.238. The number of rotatable bonds is 5. The maximum atomic E-state index is 12.1. The molecule has 0 unspecified atom stereocenters. The zero-order valence-corrected chi connectivity index (χ0v) is 16.3. The first-order valence-electron chi connectivity index (χ1n) is 9.17. The highest BCUT2D eigenvalue weighted by molar-refractivity contribution is 6.31. The normalized spacial score (nSPS) is 14.0. The molecular formula is C21H19ClN2O5. The van der Waals surface area contributed by atoms with Crippen molar-refractivity contribution in [3.63, 3.8) is 0 Å². The lowest BCUT2D eigenvalue weighted by Gasteiger charge is -2.28. The Morgan fingerprint density at radius 2 is 1.83 bits per heavy atom. The number of anilines is 2. The number of fused-ring (bicyclic) bond motifs is 1. The first-order chi connectivity index (χ1) is 14.1. The molecule has 1 aliphatic rings. The summed E-state index contributed by atoms with van der Waals surface area (Å²) in [6, 6.07) is 14.1. The van der Waals surface area contributed by atoms with Crippen molar-refractivity contribution in [1.29, 1.82) is 0 Å². The van der Waals surface area contributed by atoms with Crippen LogP contribution in [0.5, 0.6) is 0 Å². The average molecular weight is 415 g/mol. The Morgan fingerprint density at radius 1 is 1.07 bits per heavy atom. The van der Waals surface area contributed by atoms with Gasteiger partial charge in [-0.25, -0.2) is 4.79 Å². The van der Waals surface area contributed by atoms with Gasteiger partial charge in [-0.1, -0.05) is 11.6 Å². The summed E-state index contributed by atoms with van der Waals surface area (Å²) in [4.78, 5) is 26.4. The third kappa shape index (κ3) is 4.70. The molecule has 150 valence electrons. The van der Waals surface area contributed by atoms with Crippen molar-refractivity contribution in [2.24, 2.45) is 0 Å². The highest BCUT2D eigenvalue weighted by atomic mass is 35.5. The van der Waals surface area contributed by atoms with E-state index in [-0.39, 0.29) is 5.76 Å². The minimum atomic E-state index is -0.713. The molecule has 29 heavy (non-hydrogen) atoms. The van der Waals surface area contributed by atoms with Gasteiger partial charge >= 0.3 is 5.97 Å². The van der Waals surface area contributed by atoms with Crippen molar-refractivity contribution >= 4 is 45.8 Å². The molecule has 0 radical (unpaired) electrons. The minimum Gasteiger partial charge on any atom is -0.450 e. The summed E-state index contributed by atoms with van der Waals surface area (Å²) in [6.07, 6.45) is 0. The molecule has 0 atom stereocenters. The summed E-state index contributed by atoms with van der Waals surface area (Å²) in [5.74, 6) is -1.13. The van der Waals surface area contributed by atoms with Crippen LogP contribution in [0.4, 0.5) is 11.4 Å². The van der Waals surface area contributed by atoms with Crippen LogP contribution in [0.1, 0.15) is 10.6 Å². The molecule has 1 aliphatic heterocycles. The minimum absolute atomic E-state index is 0.0185. The molecular weight excluding hydrogens is 396 g/mol. The smallest absolute Gasteiger partial charge is 0.374 e. The van der Waals surface area contributed by atoms with Crippen LogP contribution >= 0.6 is 11.6 Å². The summed E-state index contributed by atoms with van der Waals surface area (Å²) in [6.45, 7) is 2.69. The van der Waals surface area contributed by atoms with Crippen LogP contribution in [0.3, 0.4) is 0 Å². The number of nitrogens with zero attached hydrogens (tertiary/aromatic N) is 1. The van der Waals surface area contributed by atoms with Crippen LogP contribution in [-0.4, -0.2) is 44.8 Å². The van der Waals surface area contributed by atoms with Crippen LogP contribution < -0.4 is 10.2 Å². The van der Waals surface area contributed by atoms with Gasteiger partial charge in [-0.2, -0.15) is 0 Å².